The Balaban J connectivity index is 2.18. The van der Waals surface area contributed by atoms with E-state index in [1.807, 2.05) is 6.07 Å². The maximum Gasteiger partial charge on any atom is 0.365 e. The Morgan fingerprint density at radius 1 is 1.47 bits per heavy atom. The molecule has 6 nitrogen and oxygen atoms in total. The molecule has 2 aromatic rings. The van der Waals surface area contributed by atoms with Crippen LogP contribution in [0, 0.1) is 6.92 Å². The van der Waals surface area contributed by atoms with E-state index < -0.39 is 11.9 Å². The van der Waals surface area contributed by atoms with Gasteiger partial charge in [-0.05, 0) is 34.5 Å². The van der Waals surface area contributed by atoms with Crippen LogP contribution in [0.2, 0.25) is 0 Å². The summed E-state index contributed by atoms with van der Waals surface area (Å²) in [7, 11) is 0. The summed E-state index contributed by atoms with van der Waals surface area (Å²) in [6.45, 7) is 1.80. The smallest absolute Gasteiger partial charge is 0.365 e. The number of carboxylic acids is 1. The molecule has 2 aromatic heterocycles. The second-order valence-electron chi connectivity index (χ2n) is 3.62. The SMILES string of the molecule is Cc1cc(Br)cnc1NC(=O)c1csc(C(=O)O)n1. The average molecular weight is 342 g/mol. The number of hydrogen-bond donors (Lipinski definition) is 2. The van der Waals surface area contributed by atoms with Crippen molar-refractivity contribution in [1.82, 2.24) is 9.97 Å². The Kier molecular flexibility index (Phi) is 3.91. The number of aromatic nitrogens is 2. The van der Waals surface area contributed by atoms with Gasteiger partial charge in [-0.3, -0.25) is 4.79 Å². The fourth-order valence-electron chi connectivity index (χ4n) is 1.32. The summed E-state index contributed by atoms with van der Waals surface area (Å²) in [5, 5.41) is 12.6. The van der Waals surface area contributed by atoms with Gasteiger partial charge in [0, 0.05) is 16.0 Å². The summed E-state index contributed by atoms with van der Waals surface area (Å²) in [5.41, 5.74) is 0.850. The fraction of sp³-hybridized carbons (Fsp3) is 0.0909. The van der Waals surface area contributed by atoms with Crippen molar-refractivity contribution in [2.75, 3.05) is 5.32 Å². The first-order chi connectivity index (χ1) is 8.97. The third-order valence-corrected chi connectivity index (χ3v) is 3.46. The number of halogens is 1. The van der Waals surface area contributed by atoms with Gasteiger partial charge in [0.2, 0.25) is 5.01 Å². The van der Waals surface area contributed by atoms with E-state index in [0.717, 1.165) is 21.4 Å². The van der Waals surface area contributed by atoms with Gasteiger partial charge in [0.05, 0.1) is 0 Å². The highest BCUT2D eigenvalue weighted by atomic mass is 79.9. The third kappa shape index (κ3) is 3.15. The van der Waals surface area contributed by atoms with Crippen molar-refractivity contribution in [3.8, 4) is 0 Å². The van der Waals surface area contributed by atoms with Crippen LogP contribution in [0.3, 0.4) is 0 Å². The van der Waals surface area contributed by atoms with Crippen molar-refractivity contribution in [1.29, 1.82) is 0 Å². The highest BCUT2D eigenvalue weighted by molar-refractivity contribution is 9.10. The lowest BCUT2D eigenvalue weighted by molar-refractivity contribution is 0.0696. The Morgan fingerprint density at radius 2 is 2.21 bits per heavy atom. The minimum Gasteiger partial charge on any atom is -0.476 e. The second-order valence-corrected chi connectivity index (χ2v) is 5.39. The van der Waals surface area contributed by atoms with E-state index >= 15 is 0 Å². The predicted molar refractivity (Wildman–Crippen MR) is 73.7 cm³/mol. The molecular weight excluding hydrogens is 334 g/mol. The number of pyridine rings is 1. The van der Waals surface area contributed by atoms with E-state index in [9.17, 15) is 9.59 Å². The lowest BCUT2D eigenvalue weighted by atomic mass is 10.3. The standard InChI is InChI=1S/C11H8BrN3O3S/c1-5-2-6(12)3-13-8(5)15-9(16)7-4-19-10(14-7)11(17)18/h2-4H,1H3,(H,17,18)(H,13,15,16). The third-order valence-electron chi connectivity index (χ3n) is 2.20. The summed E-state index contributed by atoms with van der Waals surface area (Å²) in [4.78, 5) is 30.3. The van der Waals surface area contributed by atoms with Crippen LogP contribution in [0.4, 0.5) is 5.82 Å². The quantitative estimate of drug-likeness (QED) is 0.894. The lowest BCUT2D eigenvalue weighted by Crippen LogP contribution is -2.14. The second kappa shape index (κ2) is 5.45. The van der Waals surface area contributed by atoms with Crippen LogP contribution in [0.5, 0.6) is 0 Å². The molecule has 0 aliphatic carbocycles. The minimum absolute atomic E-state index is 0.0616. The van der Waals surface area contributed by atoms with E-state index in [1.165, 1.54) is 5.38 Å². The molecule has 0 saturated carbocycles. The number of carbonyl (C=O) groups excluding carboxylic acids is 1. The van der Waals surface area contributed by atoms with Crippen LogP contribution in [0.1, 0.15) is 25.9 Å². The molecule has 0 atom stereocenters. The molecule has 0 saturated heterocycles. The number of carboxylic acid groups (broad SMARTS) is 1. The summed E-state index contributed by atoms with van der Waals surface area (Å²) in [6.07, 6.45) is 1.56. The van der Waals surface area contributed by atoms with Gasteiger partial charge >= 0.3 is 5.97 Å². The maximum atomic E-state index is 11.9. The number of hydrogen-bond acceptors (Lipinski definition) is 5. The van der Waals surface area contributed by atoms with Crippen molar-refractivity contribution in [3.05, 3.63) is 38.4 Å². The first-order valence-corrected chi connectivity index (χ1v) is 6.77. The number of aromatic carboxylic acids is 1. The van der Waals surface area contributed by atoms with Gasteiger partial charge in [-0.1, -0.05) is 0 Å². The van der Waals surface area contributed by atoms with Gasteiger partial charge in [-0.2, -0.15) is 0 Å². The van der Waals surface area contributed by atoms with E-state index in [4.69, 9.17) is 5.11 Å². The first-order valence-electron chi connectivity index (χ1n) is 5.09. The van der Waals surface area contributed by atoms with Crippen LogP contribution in [-0.4, -0.2) is 27.0 Å². The Bertz CT molecular complexity index is 656. The molecule has 0 aromatic carbocycles. The monoisotopic (exact) mass is 341 g/mol. The summed E-state index contributed by atoms with van der Waals surface area (Å²) >= 11 is 4.18. The Hall–Kier alpha value is -1.80. The fourth-order valence-corrected chi connectivity index (χ4v) is 2.40. The molecule has 0 spiro atoms. The van der Waals surface area contributed by atoms with Gasteiger partial charge in [0.15, 0.2) is 0 Å². The van der Waals surface area contributed by atoms with Gasteiger partial charge < -0.3 is 10.4 Å². The van der Waals surface area contributed by atoms with Gasteiger partial charge in [0.25, 0.3) is 5.91 Å². The summed E-state index contributed by atoms with van der Waals surface area (Å²) in [5.74, 6) is -1.22. The van der Waals surface area contributed by atoms with Crippen LogP contribution < -0.4 is 5.32 Å². The van der Waals surface area contributed by atoms with Crippen LogP contribution in [0.25, 0.3) is 0 Å². The number of anilines is 1. The van der Waals surface area contributed by atoms with Crippen molar-refractivity contribution in [2.45, 2.75) is 6.92 Å². The van der Waals surface area contributed by atoms with Crippen molar-refractivity contribution >= 4 is 45.0 Å². The predicted octanol–water partition coefficient (Wildman–Crippen LogP) is 2.56. The number of rotatable bonds is 3. The molecule has 0 aliphatic rings. The topological polar surface area (TPSA) is 92.2 Å². The largest absolute Gasteiger partial charge is 0.476 e. The van der Waals surface area contributed by atoms with Crippen LogP contribution in [0.15, 0.2) is 22.1 Å². The van der Waals surface area contributed by atoms with E-state index in [0.29, 0.717) is 5.82 Å². The number of nitrogens with one attached hydrogen (secondary N) is 1. The van der Waals surface area contributed by atoms with Crippen LogP contribution in [-0.2, 0) is 0 Å². The van der Waals surface area contributed by atoms with Gasteiger partial charge in [0.1, 0.15) is 11.5 Å². The number of carbonyl (C=O) groups is 2. The average Bonchev–Trinajstić information content (AvgIpc) is 2.82. The molecule has 0 bridgehead atoms. The van der Waals surface area contributed by atoms with Crippen molar-refractivity contribution in [2.24, 2.45) is 0 Å². The Morgan fingerprint density at radius 3 is 2.79 bits per heavy atom. The molecule has 0 radical (unpaired) electrons. The van der Waals surface area contributed by atoms with Crippen LogP contribution >= 0.6 is 27.3 Å². The highest BCUT2D eigenvalue weighted by Gasteiger charge is 2.15. The summed E-state index contributed by atoms with van der Waals surface area (Å²) in [6, 6.07) is 1.81. The maximum absolute atomic E-state index is 11.9. The molecule has 1 amide bonds. The van der Waals surface area contributed by atoms with Crippen molar-refractivity contribution in [3.63, 3.8) is 0 Å². The first kappa shape index (κ1) is 13.6. The van der Waals surface area contributed by atoms with E-state index in [-0.39, 0.29) is 10.7 Å². The molecule has 0 aliphatic heterocycles. The zero-order valence-corrected chi connectivity index (χ0v) is 12.1. The lowest BCUT2D eigenvalue weighted by Gasteiger charge is -2.05. The molecule has 19 heavy (non-hydrogen) atoms. The number of thiazole rings is 1. The molecular formula is C11H8BrN3O3S. The molecule has 0 unspecified atom stereocenters. The normalized spacial score (nSPS) is 10.2. The zero-order chi connectivity index (χ0) is 14.0. The molecule has 2 rings (SSSR count). The van der Waals surface area contributed by atoms with E-state index in [2.05, 4.69) is 31.2 Å². The van der Waals surface area contributed by atoms with Gasteiger partial charge in [-0.25, -0.2) is 14.8 Å². The Labute approximate surface area is 120 Å². The molecule has 2 N–H and O–H groups in total. The molecule has 0 fully saturated rings. The number of nitrogens with zero attached hydrogens (tertiary/aromatic N) is 2. The minimum atomic E-state index is -1.15. The van der Waals surface area contributed by atoms with Crippen molar-refractivity contribution < 1.29 is 14.7 Å². The molecule has 98 valence electrons. The highest BCUT2D eigenvalue weighted by Crippen LogP contribution is 2.18. The number of aryl methyl sites for hydroxylation is 1. The zero-order valence-electron chi connectivity index (χ0n) is 9.68. The van der Waals surface area contributed by atoms with E-state index in [1.54, 1.807) is 13.1 Å². The molecule has 8 heteroatoms. The van der Waals surface area contributed by atoms with Gasteiger partial charge in [-0.15, -0.1) is 11.3 Å². The molecule has 2 heterocycles. The number of amides is 1. The summed E-state index contributed by atoms with van der Waals surface area (Å²) < 4.78 is 0.810.